The number of nitrogens with zero attached hydrogens (tertiary/aromatic N) is 2. The zero-order valence-corrected chi connectivity index (χ0v) is 17.7. The molecule has 1 aliphatic heterocycles. The number of hydrogen-bond acceptors (Lipinski definition) is 7. The SMILES string of the molecule is COC(=O)C1CCN(C(=O)Cc2csc(NC(=O)Nc3ccccc3OC)n2)CC1. The third-order valence-corrected chi connectivity index (χ3v) is 5.65. The lowest BCUT2D eigenvalue weighted by molar-refractivity contribution is -0.148. The van der Waals surface area contributed by atoms with E-state index >= 15 is 0 Å². The third-order valence-electron chi connectivity index (χ3n) is 4.84. The summed E-state index contributed by atoms with van der Waals surface area (Å²) in [5.74, 6) is 0.141. The molecule has 1 aromatic carbocycles. The Hall–Kier alpha value is -3.14. The van der Waals surface area contributed by atoms with E-state index in [0.717, 1.165) is 0 Å². The number of anilines is 2. The van der Waals surface area contributed by atoms with Crippen molar-refractivity contribution >= 4 is 40.1 Å². The van der Waals surface area contributed by atoms with Crippen molar-refractivity contribution in [3.05, 3.63) is 35.3 Å². The molecule has 0 radical (unpaired) electrons. The Morgan fingerprint density at radius 2 is 1.90 bits per heavy atom. The average molecular weight is 433 g/mol. The Morgan fingerprint density at radius 1 is 1.17 bits per heavy atom. The highest BCUT2D eigenvalue weighted by Crippen LogP contribution is 2.24. The Balaban J connectivity index is 1.49. The highest BCUT2D eigenvalue weighted by molar-refractivity contribution is 7.14. The monoisotopic (exact) mass is 432 g/mol. The third kappa shape index (κ3) is 5.47. The van der Waals surface area contributed by atoms with Crippen LogP contribution >= 0.6 is 11.3 Å². The zero-order valence-electron chi connectivity index (χ0n) is 16.8. The highest BCUT2D eigenvalue weighted by Gasteiger charge is 2.28. The van der Waals surface area contributed by atoms with Crippen LogP contribution < -0.4 is 15.4 Å². The standard InChI is InChI=1S/C20H24N4O5S/c1-28-16-6-4-3-5-15(16)22-19(27)23-20-21-14(12-30-20)11-17(25)24-9-7-13(8-10-24)18(26)29-2/h3-6,12-13H,7-11H2,1-2H3,(H2,21,22,23,27). The summed E-state index contributed by atoms with van der Waals surface area (Å²) in [6.07, 6.45) is 1.35. The number of carbonyl (C=O) groups excluding carboxylic acids is 3. The minimum Gasteiger partial charge on any atom is -0.495 e. The first-order valence-electron chi connectivity index (χ1n) is 9.51. The fraction of sp³-hybridized carbons (Fsp3) is 0.400. The number of amides is 3. The molecule has 160 valence electrons. The topological polar surface area (TPSA) is 110 Å². The summed E-state index contributed by atoms with van der Waals surface area (Å²) in [6.45, 7) is 1.05. The fourth-order valence-corrected chi connectivity index (χ4v) is 3.95. The van der Waals surface area contributed by atoms with Gasteiger partial charge in [-0.1, -0.05) is 12.1 Å². The fourth-order valence-electron chi connectivity index (χ4n) is 3.24. The molecule has 2 heterocycles. The minimum absolute atomic E-state index is 0.0476. The molecule has 0 bridgehead atoms. The van der Waals surface area contributed by atoms with E-state index in [0.29, 0.717) is 48.2 Å². The lowest BCUT2D eigenvalue weighted by Gasteiger charge is -2.30. The number of nitrogens with one attached hydrogen (secondary N) is 2. The predicted octanol–water partition coefficient (Wildman–Crippen LogP) is 2.75. The van der Waals surface area contributed by atoms with Crippen molar-refractivity contribution in [3.63, 3.8) is 0 Å². The van der Waals surface area contributed by atoms with Crippen molar-refractivity contribution in [2.45, 2.75) is 19.3 Å². The number of carbonyl (C=O) groups is 3. The van der Waals surface area contributed by atoms with Crippen molar-refractivity contribution in [3.8, 4) is 5.75 Å². The van der Waals surface area contributed by atoms with E-state index in [9.17, 15) is 14.4 Å². The van der Waals surface area contributed by atoms with E-state index in [1.165, 1.54) is 25.6 Å². The molecule has 0 spiro atoms. The Labute approximate surface area is 178 Å². The van der Waals surface area contributed by atoms with Crippen LogP contribution in [-0.2, 0) is 20.7 Å². The second-order valence-corrected chi connectivity index (χ2v) is 7.64. The number of likely N-dealkylation sites (tertiary alicyclic amines) is 1. The van der Waals surface area contributed by atoms with Gasteiger partial charge in [-0.15, -0.1) is 11.3 Å². The number of piperidine rings is 1. The van der Waals surface area contributed by atoms with Crippen LogP contribution in [0.25, 0.3) is 0 Å². The van der Waals surface area contributed by atoms with E-state index in [1.54, 1.807) is 28.5 Å². The lowest BCUT2D eigenvalue weighted by Crippen LogP contribution is -2.41. The number of para-hydroxylation sites is 2. The van der Waals surface area contributed by atoms with E-state index in [4.69, 9.17) is 9.47 Å². The lowest BCUT2D eigenvalue weighted by atomic mass is 9.97. The van der Waals surface area contributed by atoms with E-state index in [2.05, 4.69) is 15.6 Å². The van der Waals surface area contributed by atoms with Crippen LogP contribution in [-0.4, -0.2) is 55.1 Å². The Kier molecular flexibility index (Phi) is 7.23. The summed E-state index contributed by atoms with van der Waals surface area (Å²) in [4.78, 5) is 42.4. The molecule has 1 aromatic heterocycles. The van der Waals surface area contributed by atoms with Gasteiger partial charge in [0.1, 0.15) is 5.75 Å². The van der Waals surface area contributed by atoms with Crippen molar-refractivity contribution in [2.75, 3.05) is 37.9 Å². The number of aromatic nitrogens is 1. The van der Waals surface area contributed by atoms with Crippen LogP contribution in [0.3, 0.4) is 0 Å². The number of thiazole rings is 1. The quantitative estimate of drug-likeness (QED) is 0.680. The first kappa shape index (κ1) is 21.6. The summed E-state index contributed by atoms with van der Waals surface area (Å²) in [7, 11) is 2.91. The van der Waals surface area contributed by atoms with Gasteiger partial charge in [0.25, 0.3) is 0 Å². The molecule has 0 atom stereocenters. The van der Waals surface area contributed by atoms with Gasteiger partial charge in [-0.05, 0) is 25.0 Å². The van der Waals surface area contributed by atoms with E-state index in [1.807, 2.05) is 6.07 Å². The average Bonchev–Trinajstić information content (AvgIpc) is 3.20. The number of benzene rings is 1. The molecular formula is C20H24N4O5S. The molecule has 3 amide bonds. The Morgan fingerprint density at radius 3 is 2.60 bits per heavy atom. The molecule has 10 heteroatoms. The maximum atomic E-state index is 12.5. The van der Waals surface area contributed by atoms with Crippen molar-refractivity contribution in [1.82, 2.24) is 9.88 Å². The van der Waals surface area contributed by atoms with Gasteiger partial charge in [-0.2, -0.15) is 0 Å². The van der Waals surface area contributed by atoms with Gasteiger partial charge in [-0.3, -0.25) is 14.9 Å². The van der Waals surface area contributed by atoms with E-state index in [-0.39, 0.29) is 24.2 Å². The number of rotatable bonds is 6. The summed E-state index contributed by atoms with van der Waals surface area (Å²) in [6, 6.07) is 6.63. The molecule has 0 unspecified atom stereocenters. The van der Waals surface area contributed by atoms with Gasteiger partial charge in [0, 0.05) is 18.5 Å². The van der Waals surface area contributed by atoms with Gasteiger partial charge in [0.15, 0.2) is 5.13 Å². The van der Waals surface area contributed by atoms with Crippen molar-refractivity contribution < 1.29 is 23.9 Å². The van der Waals surface area contributed by atoms with Crippen LogP contribution in [0.15, 0.2) is 29.6 Å². The first-order valence-corrected chi connectivity index (χ1v) is 10.4. The van der Waals surface area contributed by atoms with Crippen LogP contribution in [0.5, 0.6) is 5.75 Å². The van der Waals surface area contributed by atoms with Gasteiger partial charge >= 0.3 is 12.0 Å². The van der Waals surface area contributed by atoms with Crippen LogP contribution in [0.2, 0.25) is 0 Å². The van der Waals surface area contributed by atoms with Crippen LogP contribution in [0, 0.1) is 5.92 Å². The number of urea groups is 1. The molecule has 3 rings (SSSR count). The number of ether oxygens (including phenoxy) is 2. The minimum atomic E-state index is -0.448. The van der Waals surface area contributed by atoms with E-state index < -0.39 is 6.03 Å². The zero-order chi connectivity index (χ0) is 21.5. The maximum absolute atomic E-state index is 12.5. The molecule has 30 heavy (non-hydrogen) atoms. The summed E-state index contributed by atoms with van der Waals surface area (Å²) < 4.78 is 9.97. The predicted molar refractivity (Wildman–Crippen MR) is 113 cm³/mol. The van der Waals surface area contributed by atoms with Crippen LogP contribution in [0.4, 0.5) is 15.6 Å². The molecule has 0 saturated carbocycles. The molecule has 1 aliphatic rings. The number of methoxy groups -OCH3 is 2. The molecular weight excluding hydrogens is 408 g/mol. The Bertz CT molecular complexity index is 908. The second kappa shape index (κ2) is 10.1. The van der Waals surface area contributed by atoms with Gasteiger partial charge < -0.3 is 19.7 Å². The highest BCUT2D eigenvalue weighted by atomic mass is 32.1. The molecule has 1 fully saturated rings. The van der Waals surface area contributed by atoms with Crippen molar-refractivity contribution in [1.29, 1.82) is 0 Å². The molecule has 0 aliphatic carbocycles. The largest absolute Gasteiger partial charge is 0.495 e. The van der Waals surface area contributed by atoms with Gasteiger partial charge in [0.2, 0.25) is 5.91 Å². The number of esters is 1. The normalized spacial score (nSPS) is 14.1. The summed E-state index contributed by atoms with van der Waals surface area (Å²) >= 11 is 1.25. The van der Waals surface area contributed by atoms with Gasteiger partial charge in [-0.25, -0.2) is 9.78 Å². The van der Waals surface area contributed by atoms with Crippen molar-refractivity contribution in [2.24, 2.45) is 5.92 Å². The second-order valence-electron chi connectivity index (χ2n) is 6.78. The molecule has 9 nitrogen and oxygen atoms in total. The maximum Gasteiger partial charge on any atom is 0.325 e. The first-order chi connectivity index (χ1) is 14.5. The number of hydrogen-bond donors (Lipinski definition) is 2. The summed E-state index contributed by atoms with van der Waals surface area (Å²) in [5.41, 5.74) is 1.13. The molecule has 2 aromatic rings. The van der Waals surface area contributed by atoms with Gasteiger partial charge in [0.05, 0.1) is 37.9 Å². The molecule has 2 N–H and O–H groups in total. The molecule has 1 saturated heterocycles. The van der Waals surface area contributed by atoms with Crippen LogP contribution in [0.1, 0.15) is 18.5 Å². The summed E-state index contributed by atoms with van der Waals surface area (Å²) in [5, 5.41) is 7.52. The smallest absolute Gasteiger partial charge is 0.325 e.